The van der Waals surface area contributed by atoms with Gasteiger partial charge in [0.25, 0.3) is 0 Å². The van der Waals surface area contributed by atoms with Gasteiger partial charge >= 0.3 is 0 Å². The summed E-state index contributed by atoms with van der Waals surface area (Å²) in [5, 5.41) is 6.18. The number of amides is 1. The van der Waals surface area contributed by atoms with Crippen molar-refractivity contribution in [1.29, 1.82) is 0 Å². The lowest BCUT2D eigenvalue weighted by atomic mass is 10.0. The van der Waals surface area contributed by atoms with Crippen LogP contribution in [-0.4, -0.2) is 31.8 Å². The monoisotopic (exact) mass is 264 g/mol. The zero-order valence-electron chi connectivity index (χ0n) is 10.9. The average molecular weight is 264 g/mol. The first-order valence-corrected chi connectivity index (χ1v) is 7.35. The Balaban J connectivity index is 1.91. The molecule has 1 aromatic rings. The maximum Gasteiger partial charge on any atom is 0.228 e. The molecule has 0 bridgehead atoms. The molecule has 0 spiro atoms. The molecule has 0 saturated carbocycles. The van der Waals surface area contributed by atoms with Crippen LogP contribution in [0, 0.1) is 5.92 Å². The number of thioether (sulfide) groups is 1. The quantitative estimate of drug-likeness (QED) is 0.853. The molecule has 2 rings (SSSR count). The van der Waals surface area contributed by atoms with Gasteiger partial charge in [-0.25, -0.2) is 0 Å². The highest BCUT2D eigenvalue weighted by Crippen LogP contribution is 2.39. The molecule has 0 radical (unpaired) electrons. The van der Waals surface area contributed by atoms with E-state index in [9.17, 15) is 4.79 Å². The number of fused-ring (bicyclic) bond motifs is 1. The second-order valence-electron chi connectivity index (χ2n) is 4.81. The molecular weight excluding hydrogens is 244 g/mol. The van der Waals surface area contributed by atoms with Gasteiger partial charge in [0.2, 0.25) is 5.91 Å². The Labute approximate surface area is 113 Å². The van der Waals surface area contributed by atoms with Crippen LogP contribution in [0.2, 0.25) is 0 Å². The Bertz CT molecular complexity index is 422. The normalized spacial score (nSPS) is 19.3. The van der Waals surface area contributed by atoms with E-state index in [4.69, 9.17) is 0 Å². The van der Waals surface area contributed by atoms with Gasteiger partial charge in [0.1, 0.15) is 0 Å². The molecule has 1 aromatic carbocycles. The van der Waals surface area contributed by atoms with E-state index in [1.165, 1.54) is 10.5 Å². The Hall–Kier alpha value is -1.00. The SMILES string of the molecule is CNCC(C)CNC(=O)C1CSc2ccccc21. The molecule has 2 atom stereocenters. The summed E-state index contributed by atoms with van der Waals surface area (Å²) in [5.41, 5.74) is 1.18. The molecular formula is C14H20N2OS. The summed E-state index contributed by atoms with van der Waals surface area (Å²) >= 11 is 1.78. The summed E-state index contributed by atoms with van der Waals surface area (Å²) < 4.78 is 0. The first-order chi connectivity index (χ1) is 8.72. The summed E-state index contributed by atoms with van der Waals surface area (Å²) in [6.07, 6.45) is 0. The largest absolute Gasteiger partial charge is 0.355 e. The lowest BCUT2D eigenvalue weighted by Gasteiger charge is -2.15. The molecule has 98 valence electrons. The van der Waals surface area contributed by atoms with E-state index in [1.807, 2.05) is 19.2 Å². The van der Waals surface area contributed by atoms with Crippen LogP contribution in [0.15, 0.2) is 29.2 Å². The molecule has 3 nitrogen and oxygen atoms in total. The highest BCUT2D eigenvalue weighted by Gasteiger charge is 2.28. The zero-order chi connectivity index (χ0) is 13.0. The van der Waals surface area contributed by atoms with E-state index < -0.39 is 0 Å². The second-order valence-corrected chi connectivity index (χ2v) is 5.87. The minimum atomic E-state index is 0.0213. The maximum atomic E-state index is 12.2. The molecule has 18 heavy (non-hydrogen) atoms. The number of rotatable bonds is 5. The number of benzene rings is 1. The standard InChI is InChI=1S/C14H20N2OS/c1-10(7-15-2)8-16-14(17)12-9-18-13-6-4-3-5-11(12)13/h3-6,10,12,15H,7-9H2,1-2H3,(H,16,17). The fourth-order valence-electron chi connectivity index (χ4n) is 2.20. The van der Waals surface area contributed by atoms with Crippen molar-refractivity contribution in [2.75, 3.05) is 25.9 Å². The summed E-state index contributed by atoms with van der Waals surface area (Å²) in [6.45, 7) is 3.80. The average Bonchev–Trinajstić information content (AvgIpc) is 2.80. The van der Waals surface area contributed by atoms with Crippen molar-refractivity contribution >= 4 is 17.7 Å². The van der Waals surface area contributed by atoms with Gasteiger partial charge in [-0.2, -0.15) is 0 Å². The van der Waals surface area contributed by atoms with Crippen molar-refractivity contribution in [3.05, 3.63) is 29.8 Å². The van der Waals surface area contributed by atoms with E-state index >= 15 is 0 Å². The number of nitrogens with one attached hydrogen (secondary N) is 2. The molecule has 2 N–H and O–H groups in total. The van der Waals surface area contributed by atoms with E-state index in [0.717, 1.165) is 18.8 Å². The summed E-state index contributed by atoms with van der Waals surface area (Å²) in [6, 6.07) is 8.20. The molecule has 0 saturated heterocycles. The second kappa shape index (κ2) is 6.25. The molecule has 1 aliphatic rings. The number of hydrogen-bond acceptors (Lipinski definition) is 3. The smallest absolute Gasteiger partial charge is 0.228 e. The topological polar surface area (TPSA) is 41.1 Å². The van der Waals surface area contributed by atoms with Gasteiger partial charge in [0, 0.05) is 17.2 Å². The van der Waals surface area contributed by atoms with E-state index in [2.05, 4.69) is 29.7 Å². The molecule has 1 heterocycles. The maximum absolute atomic E-state index is 12.2. The molecule has 4 heteroatoms. The molecule has 0 fully saturated rings. The van der Waals surface area contributed by atoms with Crippen molar-refractivity contribution in [3.63, 3.8) is 0 Å². The van der Waals surface area contributed by atoms with Crippen LogP contribution in [0.25, 0.3) is 0 Å². The number of hydrogen-bond donors (Lipinski definition) is 2. The van der Waals surface area contributed by atoms with Gasteiger partial charge in [-0.1, -0.05) is 25.1 Å². The molecule has 0 aromatic heterocycles. The lowest BCUT2D eigenvalue weighted by molar-refractivity contribution is -0.122. The highest BCUT2D eigenvalue weighted by molar-refractivity contribution is 7.99. The molecule has 1 aliphatic heterocycles. The summed E-state index contributed by atoms with van der Waals surface area (Å²) in [7, 11) is 1.93. The van der Waals surface area contributed by atoms with Gasteiger partial charge in [-0.15, -0.1) is 11.8 Å². The first-order valence-electron chi connectivity index (χ1n) is 6.36. The molecule has 2 unspecified atom stereocenters. The summed E-state index contributed by atoms with van der Waals surface area (Å²) in [5.74, 6) is 1.51. The third kappa shape index (κ3) is 3.06. The van der Waals surface area contributed by atoms with Crippen LogP contribution >= 0.6 is 11.8 Å². The molecule has 0 aliphatic carbocycles. The number of carbonyl (C=O) groups is 1. The van der Waals surface area contributed by atoms with E-state index in [0.29, 0.717) is 5.92 Å². The third-order valence-corrected chi connectivity index (χ3v) is 4.38. The van der Waals surface area contributed by atoms with Crippen LogP contribution in [-0.2, 0) is 4.79 Å². The van der Waals surface area contributed by atoms with Crippen molar-refractivity contribution in [2.24, 2.45) is 5.92 Å². The zero-order valence-corrected chi connectivity index (χ0v) is 11.7. The van der Waals surface area contributed by atoms with Crippen molar-refractivity contribution in [2.45, 2.75) is 17.7 Å². The van der Waals surface area contributed by atoms with Gasteiger partial charge in [-0.3, -0.25) is 4.79 Å². The van der Waals surface area contributed by atoms with Crippen LogP contribution < -0.4 is 10.6 Å². The van der Waals surface area contributed by atoms with Crippen molar-refractivity contribution in [3.8, 4) is 0 Å². The Morgan fingerprint density at radius 1 is 1.44 bits per heavy atom. The number of carbonyl (C=O) groups excluding carboxylic acids is 1. The highest BCUT2D eigenvalue weighted by atomic mass is 32.2. The lowest BCUT2D eigenvalue weighted by Crippen LogP contribution is -2.35. The fraction of sp³-hybridized carbons (Fsp3) is 0.500. The Morgan fingerprint density at radius 3 is 3.00 bits per heavy atom. The Morgan fingerprint density at radius 2 is 2.22 bits per heavy atom. The van der Waals surface area contributed by atoms with Crippen LogP contribution in [0.1, 0.15) is 18.4 Å². The van der Waals surface area contributed by atoms with Crippen LogP contribution in [0.5, 0.6) is 0 Å². The predicted molar refractivity (Wildman–Crippen MR) is 76.0 cm³/mol. The van der Waals surface area contributed by atoms with Gasteiger partial charge in [0.15, 0.2) is 0 Å². The minimum Gasteiger partial charge on any atom is -0.355 e. The van der Waals surface area contributed by atoms with Gasteiger partial charge in [-0.05, 0) is 31.1 Å². The van der Waals surface area contributed by atoms with E-state index in [-0.39, 0.29) is 11.8 Å². The Kier molecular flexibility index (Phi) is 4.66. The third-order valence-electron chi connectivity index (χ3n) is 3.19. The van der Waals surface area contributed by atoms with Gasteiger partial charge in [0.05, 0.1) is 5.92 Å². The first kappa shape index (κ1) is 13.4. The van der Waals surface area contributed by atoms with Crippen LogP contribution in [0.3, 0.4) is 0 Å². The summed E-state index contributed by atoms with van der Waals surface area (Å²) in [4.78, 5) is 13.4. The van der Waals surface area contributed by atoms with Gasteiger partial charge < -0.3 is 10.6 Å². The van der Waals surface area contributed by atoms with Crippen molar-refractivity contribution < 1.29 is 4.79 Å². The predicted octanol–water partition coefficient (Wildman–Crippen LogP) is 1.85. The van der Waals surface area contributed by atoms with Crippen molar-refractivity contribution in [1.82, 2.24) is 10.6 Å². The fourth-order valence-corrected chi connectivity index (χ4v) is 3.43. The molecule has 1 amide bonds. The minimum absolute atomic E-state index is 0.0213. The van der Waals surface area contributed by atoms with Crippen LogP contribution in [0.4, 0.5) is 0 Å². The van der Waals surface area contributed by atoms with E-state index in [1.54, 1.807) is 11.8 Å².